The fourth-order valence-electron chi connectivity index (χ4n) is 3.29. The van der Waals surface area contributed by atoms with Crippen molar-refractivity contribution >= 4 is 29.1 Å². The highest BCUT2D eigenvalue weighted by Gasteiger charge is 2.20. The van der Waals surface area contributed by atoms with E-state index >= 15 is 0 Å². The first-order valence-corrected chi connectivity index (χ1v) is 10.3. The van der Waals surface area contributed by atoms with Crippen LogP contribution in [0.25, 0.3) is 11.3 Å². The second-order valence-corrected chi connectivity index (χ2v) is 7.33. The summed E-state index contributed by atoms with van der Waals surface area (Å²) >= 11 is 6.31. The van der Waals surface area contributed by atoms with Crippen LogP contribution in [0.1, 0.15) is 17.3 Å². The van der Waals surface area contributed by atoms with Crippen molar-refractivity contribution in [1.29, 1.82) is 0 Å². The summed E-state index contributed by atoms with van der Waals surface area (Å²) in [4.78, 5) is 23.3. The molecular weight excluding hydrogens is 420 g/mol. The van der Waals surface area contributed by atoms with Crippen LogP contribution in [0.2, 0.25) is 5.02 Å². The summed E-state index contributed by atoms with van der Waals surface area (Å²) in [6.07, 6.45) is 5.14. The van der Waals surface area contributed by atoms with Crippen molar-refractivity contribution in [1.82, 2.24) is 24.6 Å². The highest BCUT2D eigenvalue weighted by Crippen LogP contribution is 2.31. The molecule has 0 aliphatic carbocycles. The first kappa shape index (κ1) is 21.1. The lowest BCUT2D eigenvalue weighted by Crippen LogP contribution is -2.40. The highest BCUT2D eigenvalue weighted by molar-refractivity contribution is 6.32. The number of hydrogen-bond acceptors (Lipinski definition) is 7. The predicted molar refractivity (Wildman–Crippen MR) is 117 cm³/mol. The molecule has 1 N–H and O–H groups in total. The summed E-state index contributed by atoms with van der Waals surface area (Å²) in [5.41, 5.74) is 2.57. The number of rotatable bonds is 6. The third kappa shape index (κ3) is 4.62. The zero-order valence-electron chi connectivity index (χ0n) is 17.3. The monoisotopic (exact) mass is 442 g/mol. The van der Waals surface area contributed by atoms with E-state index in [1.807, 2.05) is 13.1 Å². The lowest BCUT2D eigenvalue weighted by Gasteiger charge is -2.27. The maximum Gasteiger partial charge on any atom is 0.254 e. The normalized spacial score (nSPS) is 13.8. The maximum absolute atomic E-state index is 12.8. The quantitative estimate of drug-likeness (QED) is 0.626. The Morgan fingerprint density at radius 1 is 1.29 bits per heavy atom. The number of amides is 1. The van der Waals surface area contributed by atoms with E-state index in [1.54, 1.807) is 41.1 Å². The van der Waals surface area contributed by atoms with Gasteiger partial charge in [-0.05, 0) is 25.1 Å². The number of nitrogens with zero attached hydrogens (tertiary/aromatic N) is 5. The van der Waals surface area contributed by atoms with E-state index in [4.69, 9.17) is 21.1 Å². The summed E-state index contributed by atoms with van der Waals surface area (Å²) < 4.78 is 12.6. The Hall–Kier alpha value is -3.17. The largest absolute Gasteiger partial charge is 0.495 e. The third-order valence-corrected chi connectivity index (χ3v) is 5.24. The Morgan fingerprint density at radius 2 is 2.10 bits per heavy atom. The Bertz CT molecular complexity index is 1080. The van der Waals surface area contributed by atoms with Gasteiger partial charge in [-0.3, -0.25) is 9.48 Å². The van der Waals surface area contributed by atoms with Crippen molar-refractivity contribution in [3.8, 4) is 17.0 Å². The van der Waals surface area contributed by atoms with Crippen LogP contribution in [0.15, 0.2) is 36.8 Å². The molecule has 3 heterocycles. The molecule has 0 atom stereocenters. The van der Waals surface area contributed by atoms with Crippen molar-refractivity contribution < 1.29 is 14.3 Å². The number of carbonyl (C=O) groups is 1. The summed E-state index contributed by atoms with van der Waals surface area (Å²) in [7, 11) is 1.55. The molecule has 2 aromatic heterocycles. The van der Waals surface area contributed by atoms with E-state index in [-0.39, 0.29) is 5.91 Å². The number of carbonyl (C=O) groups excluding carboxylic acids is 1. The molecule has 0 unspecified atom stereocenters. The van der Waals surface area contributed by atoms with Crippen LogP contribution in [0.3, 0.4) is 0 Å². The molecule has 0 spiro atoms. The average molecular weight is 443 g/mol. The van der Waals surface area contributed by atoms with E-state index in [0.717, 1.165) is 12.1 Å². The molecule has 3 aromatic rings. The Labute approximate surface area is 185 Å². The minimum absolute atomic E-state index is 0.0499. The van der Waals surface area contributed by atoms with E-state index in [2.05, 4.69) is 20.4 Å². The molecule has 1 fully saturated rings. The number of aromatic nitrogens is 4. The van der Waals surface area contributed by atoms with Crippen molar-refractivity contribution in [2.24, 2.45) is 0 Å². The fraction of sp³-hybridized carbons (Fsp3) is 0.333. The molecule has 9 nitrogen and oxygen atoms in total. The predicted octanol–water partition coefficient (Wildman–Crippen LogP) is 3.24. The zero-order chi connectivity index (χ0) is 21.8. The summed E-state index contributed by atoms with van der Waals surface area (Å²) in [6, 6.07) is 5.24. The molecule has 0 radical (unpaired) electrons. The van der Waals surface area contributed by atoms with Gasteiger partial charge in [0, 0.05) is 37.0 Å². The number of hydrogen-bond donors (Lipinski definition) is 1. The number of morpholine rings is 1. The molecule has 4 rings (SSSR count). The summed E-state index contributed by atoms with van der Waals surface area (Å²) in [6.45, 7) is 5.02. The molecule has 0 bridgehead atoms. The van der Waals surface area contributed by atoms with Crippen molar-refractivity contribution in [2.75, 3.05) is 38.7 Å². The molecule has 1 saturated heterocycles. The first-order valence-electron chi connectivity index (χ1n) is 9.96. The van der Waals surface area contributed by atoms with Gasteiger partial charge in [-0.25, -0.2) is 9.97 Å². The molecule has 1 aromatic carbocycles. The van der Waals surface area contributed by atoms with E-state index in [1.165, 1.54) is 6.20 Å². The van der Waals surface area contributed by atoms with Crippen molar-refractivity contribution in [3.05, 3.63) is 47.4 Å². The number of halogens is 1. The van der Waals surface area contributed by atoms with Crippen LogP contribution in [-0.4, -0.2) is 64.0 Å². The molecule has 1 aliphatic rings. The molecule has 1 amide bonds. The van der Waals surface area contributed by atoms with Gasteiger partial charge in [-0.2, -0.15) is 5.10 Å². The first-order chi connectivity index (χ1) is 15.1. The van der Waals surface area contributed by atoms with Gasteiger partial charge in [0.2, 0.25) is 5.95 Å². The second-order valence-electron chi connectivity index (χ2n) is 6.92. The highest BCUT2D eigenvalue weighted by atomic mass is 35.5. The van der Waals surface area contributed by atoms with Crippen LogP contribution in [0.5, 0.6) is 5.75 Å². The average Bonchev–Trinajstić information content (AvgIpc) is 3.30. The molecule has 0 saturated carbocycles. The van der Waals surface area contributed by atoms with Crippen LogP contribution in [0, 0.1) is 0 Å². The topological polar surface area (TPSA) is 94.4 Å². The van der Waals surface area contributed by atoms with E-state index in [9.17, 15) is 4.79 Å². The SMILES string of the molecule is CCn1cc(-c2nc(Nc3ccc(C(=O)N4CCOCC4)cc3OC)ncc2Cl)cn1. The minimum Gasteiger partial charge on any atom is -0.495 e. The van der Waals surface area contributed by atoms with Gasteiger partial charge in [-0.15, -0.1) is 0 Å². The number of anilines is 2. The standard InChI is InChI=1S/C21H23ClN6O3/c1-3-28-13-15(11-24-28)19-16(22)12-23-21(26-19)25-17-5-4-14(10-18(17)30-2)20(29)27-6-8-31-9-7-27/h4-5,10-13H,3,6-9H2,1-2H3,(H,23,25,26). The molecule has 1 aliphatic heterocycles. The Morgan fingerprint density at radius 3 is 2.81 bits per heavy atom. The number of aryl methyl sites for hydroxylation is 1. The van der Waals surface area contributed by atoms with Crippen molar-refractivity contribution in [2.45, 2.75) is 13.5 Å². The van der Waals surface area contributed by atoms with Gasteiger partial charge < -0.3 is 19.7 Å². The van der Waals surface area contributed by atoms with Crippen LogP contribution in [-0.2, 0) is 11.3 Å². The Kier molecular flexibility index (Phi) is 6.34. The van der Waals surface area contributed by atoms with Crippen LogP contribution >= 0.6 is 11.6 Å². The summed E-state index contributed by atoms with van der Waals surface area (Å²) in [5.74, 6) is 0.818. The van der Waals surface area contributed by atoms with Gasteiger partial charge in [-0.1, -0.05) is 11.6 Å². The molecular formula is C21H23ClN6O3. The van der Waals surface area contributed by atoms with Gasteiger partial charge in [0.15, 0.2) is 0 Å². The molecule has 162 valence electrons. The van der Waals surface area contributed by atoms with Gasteiger partial charge in [0.25, 0.3) is 5.91 Å². The lowest BCUT2D eigenvalue weighted by atomic mass is 10.1. The zero-order valence-corrected chi connectivity index (χ0v) is 18.1. The van der Waals surface area contributed by atoms with Gasteiger partial charge in [0.05, 0.1) is 49.1 Å². The third-order valence-electron chi connectivity index (χ3n) is 4.97. The number of methoxy groups -OCH3 is 1. The number of benzene rings is 1. The van der Waals surface area contributed by atoms with E-state index < -0.39 is 0 Å². The number of nitrogens with one attached hydrogen (secondary N) is 1. The van der Waals surface area contributed by atoms with Crippen LogP contribution < -0.4 is 10.1 Å². The van der Waals surface area contributed by atoms with Crippen LogP contribution in [0.4, 0.5) is 11.6 Å². The Balaban J connectivity index is 1.57. The number of ether oxygens (including phenoxy) is 2. The maximum atomic E-state index is 12.8. The minimum atomic E-state index is -0.0499. The smallest absolute Gasteiger partial charge is 0.254 e. The summed E-state index contributed by atoms with van der Waals surface area (Å²) in [5, 5.41) is 7.85. The molecule has 10 heteroatoms. The van der Waals surface area contributed by atoms with Gasteiger partial charge in [0.1, 0.15) is 5.75 Å². The fourth-order valence-corrected chi connectivity index (χ4v) is 3.49. The molecule has 31 heavy (non-hydrogen) atoms. The second kappa shape index (κ2) is 9.32. The lowest BCUT2D eigenvalue weighted by molar-refractivity contribution is 0.0302. The van der Waals surface area contributed by atoms with E-state index in [0.29, 0.717) is 60.0 Å². The van der Waals surface area contributed by atoms with Crippen molar-refractivity contribution in [3.63, 3.8) is 0 Å². The van der Waals surface area contributed by atoms with Gasteiger partial charge >= 0.3 is 0 Å².